The minimum atomic E-state index is -0.392. The zero-order valence-electron chi connectivity index (χ0n) is 14.3. The third-order valence-electron chi connectivity index (χ3n) is 2.99. The number of non-ortho nitro benzene ring substituents is 1. The first-order valence-electron chi connectivity index (χ1n) is 7.48. The summed E-state index contributed by atoms with van der Waals surface area (Å²) in [5, 5.41) is 10.8. The number of nitrogens with zero attached hydrogens (tertiary/aromatic N) is 2. The molecule has 0 fully saturated rings. The van der Waals surface area contributed by atoms with Gasteiger partial charge in [0.1, 0.15) is 0 Å². The average Bonchev–Trinajstić information content (AvgIpc) is 2.45. The van der Waals surface area contributed by atoms with Crippen LogP contribution in [0.3, 0.4) is 0 Å². The highest BCUT2D eigenvalue weighted by Crippen LogP contribution is 2.19. The molecule has 4 nitrogen and oxygen atoms in total. The number of nitro benzene ring substituents is 1. The lowest BCUT2D eigenvalue weighted by Crippen LogP contribution is -2.20. The summed E-state index contributed by atoms with van der Waals surface area (Å²) in [6.07, 6.45) is 3.86. The lowest BCUT2D eigenvalue weighted by Gasteiger charge is -2.16. The van der Waals surface area contributed by atoms with E-state index in [1.807, 2.05) is 25.3 Å². The van der Waals surface area contributed by atoms with Gasteiger partial charge >= 0.3 is 0 Å². The highest BCUT2D eigenvalue weighted by molar-refractivity contribution is 5.66. The Balaban J connectivity index is 2.57. The van der Waals surface area contributed by atoms with E-state index in [1.165, 1.54) is 6.07 Å². The van der Waals surface area contributed by atoms with Crippen LogP contribution in [0.5, 0.6) is 0 Å². The summed E-state index contributed by atoms with van der Waals surface area (Å²) >= 11 is 0. The van der Waals surface area contributed by atoms with E-state index in [9.17, 15) is 10.1 Å². The van der Waals surface area contributed by atoms with Gasteiger partial charge in [-0.15, -0.1) is 0 Å². The monoisotopic (exact) mass is 312 g/mol. The summed E-state index contributed by atoms with van der Waals surface area (Å²) in [5.74, 6) is 6.17. The second-order valence-electron chi connectivity index (χ2n) is 6.53. The highest BCUT2D eigenvalue weighted by Gasteiger charge is 2.08. The first-order valence-corrected chi connectivity index (χ1v) is 7.48. The Kier molecular flexibility index (Phi) is 6.74. The number of benzene rings is 1. The van der Waals surface area contributed by atoms with E-state index < -0.39 is 4.92 Å². The Hall–Kier alpha value is -2.38. The molecule has 0 aliphatic heterocycles. The van der Waals surface area contributed by atoms with Gasteiger partial charge in [-0.05, 0) is 45.0 Å². The van der Waals surface area contributed by atoms with Crippen molar-refractivity contribution >= 4 is 11.3 Å². The van der Waals surface area contributed by atoms with Crippen LogP contribution in [-0.4, -0.2) is 30.0 Å². The Morgan fingerprint density at radius 2 is 2.13 bits per heavy atom. The molecule has 4 heteroatoms. The third-order valence-corrected chi connectivity index (χ3v) is 2.99. The van der Waals surface area contributed by atoms with E-state index in [4.69, 9.17) is 0 Å². The molecule has 0 unspecified atom stereocenters. The summed E-state index contributed by atoms with van der Waals surface area (Å²) in [6.45, 7) is 11.6. The fourth-order valence-electron chi connectivity index (χ4n) is 1.87. The van der Waals surface area contributed by atoms with Crippen molar-refractivity contribution in [3.05, 3.63) is 58.7 Å². The topological polar surface area (TPSA) is 46.4 Å². The van der Waals surface area contributed by atoms with Gasteiger partial charge in [-0.3, -0.25) is 15.0 Å². The van der Waals surface area contributed by atoms with Crippen LogP contribution in [0, 0.1) is 27.4 Å². The molecular formula is C19H24N2O2. The van der Waals surface area contributed by atoms with E-state index in [-0.39, 0.29) is 11.1 Å². The lowest BCUT2D eigenvalue weighted by atomic mass is 9.98. The van der Waals surface area contributed by atoms with E-state index in [0.29, 0.717) is 6.54 Å². The molecule has 0 aliphatic carbocycles. The summed E-state index contributed by atoms with van der Waals surface area (Å²) in [4.78, 5) is 12.5. The minimum Gasteiger partial charge on any atom is -0.298 e. The fourth-order valence-corrected chi connectivity index (χ4v) is 1.87. The van der Waals surface area contributed by atoms with Crippen LogP contribution in [0.15, 0.2) is 43.0 Å². The molecule has 0 saturated heterocycles. The van der Waals surface area contributed by atoms with Crippen molar-refractivity contribution in [3.63, 3.8) is 0 Å². The number of hydrogen-bond acceptors (Lipinski definition) is 3. The predicted molar refractivity (Wildman–Crippen MR) is 96.0 cm³/mol. The Morgan fingerprint density at radius 3 is 2.74 bits per heavy atom. The molecular weight excluding hydrogens is 288 g/mol. The smallest absolute Gasteiger partial charge is 0.270 e. The predicted octanol–water partition coefficient (Wildman–Crippen LogP) is 4.15. The van der Waals surface area contributed by atoms with Gasteiger partial charge in [0, 0.05) is 30.6 Å². The van der Waals surface area contributed by atoms with Crippen molar-refractivity contribution in [2.24, 2.45) is 5.41 Å². The van der Waals surface area contributed by atoms with Crippen molar-refractivity contribution in [2.45, 2.75) is 20.8 Å². The van der Waals surface area contributed by atoms with E-state index in [0.717, 1.165) is 17.7 Å². The number of likely N-dealkylation sites (N-methyl/N-ethyl adjacent to an activating group) is 1. The van der Waals surface area contributed by atoms with Crippen LogP contribution in [-0.2, 0) is 0 Å². The van der Waals surface area contributed by atoms with Gasteiger partial charge in [-0.1, -0.05) is 36.6 Å². The third kappa shape index (κ3) is 7.44. The zero-order valence-corrected chi connectivity index (χ0v) is 14.3. The molecule has 0 atom stereocenters. The van der Waals surface area contributed by atoms with Gasteiger partial charge in [0.15, 0.2) is 0 Å². The summed E-state index contributed by atoms with van der Waals surface area (Å²) in [5.41, 5.74) is 1.74. The maximum atomic E-state index is 10.8. The van der Waals surface area contributed by atoms with Gasteiger partial charge in [0.2, 0.25) is 0 Å². The second kappa shape index (κ2) is 8.30. The zero-order chi connectivity index (χ0) is 17.5. The molecule has 0 saturated carbocycles. The molecule has 0 radical (unpaired) electrons. The van der Waals surface area contributed by atoms with Crippen LogP contribution < -0.4 is 0 Å². The maximum Gasteiger partial charge on any atom is 0.270 e. The minimum absolute atomic E-state index is 0.00650. The van der Waals surface area contributed by atoms with Crippen LogP contribution >= 0.6 is 0 Å². The molecule has 0 spiro atoms. The Morgan fingerprint density at radius 1 is 1.43 bits per heavy atom. The second-order valence-corrected chi connectivity index (χ2v) is 6.53. The van der Waals surface area contributed by atoms with Gasteiger partial charge in [0.25, 0.3) is 5.69 Å². The van der Waals surface area contributed by atoms with Crippen molar-refractivity contribution in [2.75, 3.05) is 20.1 Å². The number of hydrogen-bond donors (Lipinski definition) is 0. The first-order chi connectivity index (χ1) is 10.7. The number of nitro groups is 1. The normalized spacial score (nSPS) is 11.3. The SMILES string of the molecule is C=C(CN(C)C/C=C/C#CC(C)(C)C)c1cccc([N+](=O)[O-])c1. The molecule has 0 bridgehead atoms. The molecule has 0 aromatic heterocycles. The molecule has 0 heterocycles. The van der Waals surface area contributed by atoms with E-state index in [1.54, 1.807) is 12.1 Å². The molecule has 1 aromatic carbocycles. The van der Waals surface area contributed by atoms with Gasteiger partial charge in [0.05, 0.1) is 4.92 Å². The standard InChI is InChI=1S/C19H24N2O2/c1-16(17-10-9-11-18(14-17)21(22)23)15-20(5)13-8-6-7-12-19(2,3)4/h6,8-11,14H,1,13,15H2,2-5H3/b8-6+. The van der Waals surface area contributed by atoms with Crippen LogP contribution in [0.2, 0.25) is 0 Å². The van der Waals surface area contributed by atoms with Crippen molar-refractivity contribution in [1.82, 2.24) is 4.90 Å². The summed E-state index contributed by atoms with van der Waals surface area (Å²) in [7, 11) is 1.98. The average molecular weight is 312 g/mol. The highest BCUT2D eigenvalue weighted by atomic mass is 16.6. The van der Waals surface area contributed by atoms with Gasteiger partial charge < -0.3 is 0 Å². The van der Waals surface area contributed by atoms with Crippen molar-refractivity contribution < 1.29 is 4.92 Å². The number of allylic oxidation sites excluding steroid dienone is 1. The quantitative estimate of drug-likeness (QED) is 0.450. The largest absolute Gasteiger partial charge is 0.298 e. The fraction of sp³-hybridized carbons (Fsp3) is 0.368. The molecule has 0 amide bonds. The summed E-state index contributed by atoms with van der Waals surface area (Å²) < 4.78 is 0. The van der Waals surface area contributed by atoms with Crippen LogP contribution in [0.4, 0.5) is 5.69 Å². The summed E-state index contributed by atoms with van der Waals surface area (Å²) in [6, 6.07) is 6.56. The van der Waals surface area contributed by atoms with Crippen LogP contribution in [0.25, 0.3) is 5.57 Å². The number of rotatable bonds is 6. The Bertz CT molecular complexity index is 658. The van der Waals surface area contributed by atoms with E-state index in [2.05, 4.69) is 44.1 Å². The molecule has 0 aliphatic rings. The molecule has 122 valence electrons. The Labute approximate surface area is 138 Å². The lowest BCUT2D eigenvalue weighted by molar-refractivity contribution is -0.384. The molecule has 1 aromatic rings. The van der Waals surface area contributed by atoms with Crippen molar-refractivity contribution in [3.8, 4) is 11.8 Å². The van der Waals surface area contributed by atoms with Gasteiger partial charge in [-0.25, -0.2) is 0 Å². The van der Waals surface area contributed by atoms with Crippen molar-refractivity contribution in [1.29, 1.82) is 0 Å². The maximum absolute atomic E-state index is 10.8. The molecule has 1 rings (SSSR count). The molecule has 23 heavy (non-hydrogen) atoms. The van der Waals surface area contributed by atoms with Gasteiger partial charge in [-0.2, -0.15) is 0 Å². The molecule has 0 N–H and O–H groups in total. The van der Waals surface area contributed by atoms with E-state index >= 15 is 0 Å². The van der Waals surface area contributed by atoms with Crippen LogP contribution in [0.1, 0.15) is 26.3 Å². The first kappa shape index (κ1) is 18.7.